The van der Waals surface area contributed by atoms with Gasteiger partial charge >= 0.3 is 5.69 Å². The van der Waals surface area contributed by atoms with Gasteiger partial charge in [-0.1, -0.05) is 19.3 Å². The van der Waals surface area contributed by atoms with Crippen molar-refractivity contribution in [3.8, 4) is 0 Å². The number of hydrogen-bond donors (Lipinski definition) is 1. The fraction of sp³-hybridized carbons (Fsp3) is 0.667. The summed E-state index contributed by atoms with van der Waals surface area (Å²) >= 11 is 0. The molecule has 1 aromatic rings. The van der Waals surface area contributed by atoms with Crippen molar-refractivity contribution in [3.63, 3.8) is 0 Å². The Labute approximate surface area is 125 Å². The monoisotopic (exact) mass is 292 g/mol. The summed E-state index contributed by atoms with van der Waals surface area (Å²) < 4.78 is 0. The van der Waals surface area contributed by atoms with E-state index < -0.39 is 0 Å². The molecule has 1 aliphatic carbocycles. The standard InChI is InChI=1S/C15H24N4O2/c1-18(2)14(12-7-4-3-5-8-12)11-17-15-13(19(20)21)9-6-10-16-15/h6,9-10,12,14H,3-5,7-8,11H2,1-2H3,(H,16,17)/t14-/m1/s1. The molecule has 1 saturated carbocycles. The fourth-order valence-electron chi connectivity index (χ4n) is 3.17. The number of nitrogens with one attached hydrogen (secondary N) is 1. The molecule has 2 rings (SSSR count). The minimum absolute atomic E-state index is 0.0404. The van der Waals surface area contributed by atoms with E-state index in [9.17, 15) is 10.1 Å². The van der Waals surface area contributed by atoms with E-state index in [-0.39, 0.29) is 10.6 Å². The molecule has 0 radical (unpaired) electrons. The smallest absolute Gasteiger partial charge is 0.311 e. The molecular weight excluding hydrogens is 268 g/mol. The molecule has 0 amide bonds. The topological polar surface area (TPSA) is 71.3 Å². The lowest BCUT2D eigenvalue weighted by atomic mass is 9.83. The lowest BCUT2D eigenvalue weighted by Crippen LogP contribution is -2.41. The summed E-state index contributed by atoms with van der Waals surface area (Å²) in [4.78, 5) is 17.0. The molecule has 1 fully saturated rings. The van der Waals surface area contributed by atoms with E-state index in [0.29, 0.717) is 24.3 Å². The minimum Gasteiger partial charge on any atom is -0.363 e. The summed E-state index contributed by atoms with van der Waals surface area (Å²) in [5.74, 6) is 1.02. The van der Waals surface area contributed by atoms with Crippen LogP contribution in [0.25, 0.3) is 0 Å². The highest BCUT2D eigenvalue weighted by atomic mass is 16.6. The fourth-order valence-corrected chi connectivity index (χ4v) is 3.17. The molecule has 116 valence electrons. The number of likely N-dealkylation sites (N-methyl/N-ethyl adjacent to an activating group) is 1. The Morgan fingerprint density at radius 2 is 2.14 bits per heavy atom. The Bertz CT molecular complexity index is 472. The molecule has 0 spiro atoms. The predicted octanol–water partition coefficient (Wildman–Crippen LogP) is 2.91. The van der Waals surface area contributed by atoms with Crippen molar-refractivity contribution in [1.82, 2.24) is 9.88 Å². The van der Waals surface area contributed by atoms with E-state index in [1.807, 2.05) is 0 Å². The first-order valence-corrected chi connectivity index (χ1v) is 7.59. The molecule has 0 bridgehead atoms. The Kier molecular flexibility index (Phi) is 5.50. The maximum atomic E-state index is 11.0. The van der Waals surface area contributed by atoms with Gasteiger partial charge in [0.05, 0.1) is 4.92 Å². The number of aromatic nitrogens is 1. The maximum absolute atomic E-state index is 11.0. The second kappa shape index (κ2) is 7.36. The lowest BCUT2D eigenvalue weighted by molar-refractivity contribution is -0.384. The van der Waals surface area contributed by atoms with Gasteiger partial charge in [-0.3, -0.25) is 10.1 Å². The van der Waals surface area contributed by atoms with Crippen molar-refractivity contribution in [2.45, 2.75) is 38.1 Å². The Morgan fingerprint density at radius 3 is 2.76 bits per heavy atom. The summed E-state index contributed by atoms with van der Waals surface area (Å²) in [6.07, 6.45) is 7.98. The molecule has 0 saturated heterocycles. The third-order valence-electron chi connectivity index (χ3n) is 4.32. The molecule has 1 aromatic heterocycles. The molecule has 21 heavy (non-hydrogen) atoms. The molecule has 0 unspecified atom stereocenters. The summed E-state index contributed by atoms with van der Waals surface area (Å²) in [5.41, 5.74) is 0.0404. The first-order valence-electron chi connectivity index (χ1n) is 7.59. The van der Waals surface area contributed by atoms with E-state index in [1.165, 1.54) is 38.2 Å². The zero-order chi connectivity index (χ0) is 15.2. The molecule has 1 N–H and O–H groups in total. The van der Waals surface area contributed by atoms with Gasteiger partial charge in [-0.25, -0.2) is 4.98 Å². The van der Waals surface area contributed by atoms with Crippen LogP contribution in [0.2, 0.25) is 0 Å². The van der Waals surface area contributed by atoms with Crippen molar-refractivity contribution >= 4 is 11.5 Å². The molecule has 0 aromatic carbocycles. The van der Waals surface area contributed by atoms with E-state index in [0.717, 1.165) is 0 Å². The van der Waals surface area contributed by atoms with Crippen LogP contribution in [0.3, 0.4) is 0 Å². The van der Waals surface area contributed by atoms with E-state index in [2.05, 4.69) is 29.3 Å². The Hall–Kier alpha value is -1.69. The highest BCUT2D eigenvalue weighted by Crippen LogP contribution is 2.29. The summed E-state index contributed by atoms with van der Waals surface area (Å²) in [6, 6.07) is 3.46. The number of hydrogen-bond acceptors (Lipinski definition) is 5. The maximum Gasteiger partial charge on any atom is 0.311 e. The predicted molar refractivity (Wildman–Crippen MR) is 83.4 cm³/mol. The summed E-state index contributed by atoms with van der Waals surface area (Å²) in [6.45, 7) is 0.690. The van der Waals surface area contributed by atoms with Gasteiger partial charge in [-0.15, -0.1) is 0 Å². The average molecular weight is 292 g/mol. The third kappa shape index (κ3) is 4.14. The summed E-state index contributed by atoms with van der Waals surface area (Å²) in [7, 11) is 4.15. The third-order valence-corrected chi connectivity index (χ3v) is 4.32. The van der Waals surface area contributed by atoms with Crippen LogP contribution in [-0.4, -0.2) is 41.5 Å². The van der Waals surface area contributed by atoms with E-state index >= 15 is 0 Å². The van der Waals surface area contributed by atoms with Gasteiger partial charge in [0.15, 0.2) is 0 Å². The normalized spacial score (nSPS) is 17.7. The lowest BCUT2D eigenvalue weighted by Gasteiger charge is -2.35. The van der Waals surface area contributed by atoms with Gasteiger partial charge in [0.1, 0.15) is 0 Å². The van der Waals surface area contributed by atoms with Gasteiger partial charge in [-0.05, 0) is 38.9 Å². The number of nitrogens with zero attached hydrogens (tertiary/aromatic N) is 3. The summed E-state index contributed by atoms with van der Waals surface area (Å²) in [5, 5.41) is 14.2. The molecule has 6 heteroatoms. The highest BCUT2D eigenvalue weighted by Gasteiger charge is 2.26. The van der Waals surface area contributed by atoms with Crippen LogP contribution in [-0.2, 0) is 0 Å². The zero-order valence-corrected chi connectivity index (χ0v) is 12.8. The van der Waals surface area contributed by atoms with Crippen LogP contribution in [0.4, 0.5) is 11.5 Å². The Balaban J connectivity index is 2.03. The first kappa shape index (κ1) is 15.7. The van der Waals surface area contributed by atoms with E-state index in [4.69, 9.17) is 0 Å². The average Bonchev–Trinajstić information content (AvgIpc) is 2.48. The second-order valence-electron chi connectivity index (χ2n) is 5.94. The van der Waals surface area contributed by atoms with Gasteiger partial charge < -0.3 is 10.2 Å². The molecule has 1 aliphatic rings. The molecule has 0 aliphatic heterocycles. The minimum atomic E-state index is -0.388. The van der Waals surface area contributed by atoms with E-state index in [1.54, 1.807) is 12.3 Å². The van der Waals surface area contributed by atoms with Crippen LogP contribution in [0.5, 0.6) is 0 Å². The van der Waals surface area contributed by atoms with Crippen LogP contribution in [0.15, 0.2) is 18.3 Å². The van der Waals surface area contributed by atoms with Crippen LogP contribution < -0.4 is 5.32 Å². The number of anilines is 1. The van der Waals surface area contributed by atoms with Crippen molar-refractivity contribution in [3.05, 3.63) is 28.4 Å². The molecule has 6 nitrogen and oxygen atoms in total. The number of nitro groups is 1. The first-order chi connectivity index (χ1) is 10.1. The highest BCUT2D eigenvalue weighted by molar-refractivity contribution is 5.55. The quantitative estimate of drug-likeness (QED) is 0.645. The van der Waals surface area contributed by atoms with Crippen molar-refractivity contribution in [1.29, 1.82) is 0 Å². The number of pyridine rings is 1. The number of rotatable bonds is 6. The van der Waals surface area contributed by atoms with Gasteiger partial charge in [0.2, 0.25) is 5.82 Å². The van der Waals surface area contributed by atoms with Crippen molar-refractivity contribution in [2.24, 2.45) is 5.92 Å². The van der Waals surface area contributed by atoms with Crippen molar-refractivity contribution < 1.29 is 4.92 Å². The molecular formula is C15H24N4O2. The van der Waals surface area contributed by atoms with Crippen LogP contribution >= 0.6 is 0 Å². The Morgan fingerprint density at radius 1 is 1.43 bits per heavy atom. The largest absolute Gasteiger partial charge is 0.363 e. The van der Waals surface area contributed by atoms with Gasteiger partial charge in [0.25, 0.3) is 0 Å². The molecule has 1 atom stereocenters. The van der Waals surface area contributed by atoms with Crippen LogP contribution in [0.1, 0.15) is 32.1 Å². The second-order valence-corrected chi connectivity index (χ2v) is 5.94. The zero-order valence-electron chi connectivity index (χ0n) is 12.8. The van der Waals surface area contributed by atoms with Gasteiger partial charge in [-0.2, -0.15) is 0 Å². The SMILES string of the molecule is CN(C)[C@H](CNc1ncccc1[N+](=O)[O-])C1CCCCC1. The van der Waals surface area contributed by atoms with Gasteiger partial charge in [0, 0.05) is 24.8 Å². The van der Waals surface area contributed by atoms with Crippen LogP contribution in [0, 0.1) is 16.0 Å². The van der Waals surface area contributed by atoms with Crippen molar-refractivity contribution in [2.75, 3.05) is 26.0 Å². The molecule has 1 heterocycles.